The van der Waals surface area contributed by atoms with Crippen molar-refractivity contribution < 1.29 is 9.47 Å². The topological polar surface area (TPSA) is 30.5 Å². The lowest BCUT2D eigenvalue weighted by molar-refractivity contribution is 0.306. The summed E-state index contributed by atoms with van der Waals surface area (Å²) in [5.74, 6) is 2.52. The Hall–Kier alpha value is -3.24. The summed E-state index contributed by atoms with van der Waals surface area (Å²) in [6.07, 6.45) is 0. The Morgan fingerprint density at radius 1 is 0.600 bits per heavy atom. The summed E-state index contributed by atoms with van der Waals surface area (Å²) >= 11 is 3.44. The monoisotopic (exact) mass is 459 g/mol. The molecule has 0 fully saturated rings. The molecule has 0 aliphatic rings. The summed E-state index contributed by atoms with van der Waals surface area (Å²) in [5.41, 5.74) is 3.38. The molecule has 1 N–H and O–H groups in total. The van der Waals surface area contributed by atoms with Gasteiger partial charge in [-0.3, -0.25) is 0 Å². The zero-order valence-electron chi connectivity index (χ0n) is 16.4. The minimum Gasteiger partial charge on any atom is -0.489 e. The molecular weight excluding hydrogens is 438 g/mol. The first kappa shape index (κ1) is 20.0. The Labute approximate surface area is 185 Å². The number of hydrogen-bond donors (Lipinski definition) is 1. The second kappa shape index (κ2) is 9.99. The summed E-state index contributed by atoms with van der Waals surface area (Å²) in [4.78, 5) is 0. The van der Waals surface area contributed by atoms with Crippen molar-refractivity contribution in [3.63, 3.8) is 0 Å². The van der Waals surface area contributed by atoms with Crippen LogP contribution in [-0.2, 0) is 13.2 Å². The first-order valence-electron chi connectivity index (χ1n) is 9.78. The van der Waals surface area contributed by atoms with Crippen molar-refractivity contribution in [2.45, 2.75) is 13.2 Å². The summed E-state index contributed by atoms with van der Waals surface area (Å²) in [5, 5.41) is 3.43. The Morgan fingerprint density at radius 3 is 1.90 bits per heavy atom. The van der Waals surface area contributed by atoms with Crippen LogP contribution >= 0.6 is 15.9 Å². The average molecular weight is 460 g/mol. The molecule has 0 radical (unpaired) electrons. The first-order chi connectivity index (χ1) is 14.7. The number of ether oxygens (including phenoxy) is 2. The summed E-state index contributed by atoms with van der Waals surface area (Å²) in [6.45, 7) is 1.30. The molecule has 0 saturated heterocycles. The van der Waals surface area contributed by atoms with Gasteiger partial charge in [0.2, 0.25) is 0 Å². The molecule has 150 valence electrons. The van der Waals surface area contributed by atoms with E-state index < -0.39 is 0 Å². The van der Waals surface area contributed by atoms with Crippen molar-refractivity contribution in [2.24, 2.45) is 0 Å². The lowest BCUT2D eigenvalue weighted by Crippen LogP contribution is -2.00. The molecular formula is C26H22BrNO2. The van der Waals surface area contributed by atoms with Gasteiger partial charge < -0.3 is 14.8 Å². The van der Waals surface area contributed by atoms with Crippen LogP contribution < -0.4 is 14.8 Å². The maximum atomic E-state index is 5.86. The molecule has 0 spiro atoms. The zero-order chi connectivity index (χ0) is 20.6. The third-order valence-corrected chi connectivity index (χ3v) is 5.10. The predicted molar refractivity (Wildman–Crippen MR) is 125 cm³/mol. The van der Waals surface area contributed by atoms with Crippen LogP contribution in [0, 0.1) is 0 Å². The zero-order valence-corrected chi connectivity index (χ0v) is 18.0. The number of rotatable bonds is 8. The van der Waals surface area contributed by atoms with E-state index in [-0.39, 0.29) is 0 Å². The molecule has 0 aliphatic carbocycles. The molecule has 4 rings (SSSR count). The minimum atomic E-state index is 0.558. The van der Waals surface area contributed by atoms with Crippen molar-refractivity contribution in [1.82, 2.24) is 0 Å². The first-order valence-corrected chi connectivity index (χ1v) is 10.6. The van der Waals surface area contributed by atoms with Crippen LogP contribution in [0.5, 0.6) is 17.2 Å². The van der Waals surface area contributed by atoms with Crippen molar-refractivity contribution in [1.29, 1.82) is 0 Å². The smallest absolute Gasteiger partial charge is 0.127 e. The Kier molecular flexibility index (Phi) is 6.68. The normalized spacial score (nSPS) is 10.4. The van der Waals surface area contributed by atoms with E-state index >= 15 is 0 Å². The minimum absolute atomic E-state index is 0.558. The Bertz CT molecular complexity index is 1050. The van der Waals surface area contributed by atoms with Crippen LogP contribution in [0.2, 0.25) is 0 Å². The maximum absolute atomic E-state index is 5.86. The highest BCUT2D eigenvalue weighted by Crippen LogP contribution is 2.23. The van der Waals surface area contributed by atoms with Crippen LogP contribution in [0.25, 0.3) is 0 Å². The van der Waals surface area contributed by atoms with E-state index in [2.05, 4.69) is 45.5 Å². The third-order valence-electron chi connectivity index (χ3n) is 4.57. The van der Waals surface area contributed by atoms with Crippen LogP contribution in [0.1, 0.15) is 11.1 Å². The van der Waals surface area contributed by atoms with Gasteiger partial charge in [-0.2, -0.15) is 0 Å². The van der Waals surface area contributed by atoms with Gasteiger partial charge in [-0.25, -0.2) is 0 Å². The largest absolute Gasteiger partial charge is 0.489 e. The standard InChI is InChI=1S/C26H22BrNO2/c27-22-10-6-21(7-11-22)19-29-24-14-8-20(9-15-24)18-28-23-12-16-26(17-13-23)30-25-4-2-1-3-5-25/h1-17,28H,18-19H2. The van der Waals surface area contributed by atoms with Gasteiger partial charge in [-0.15, -0.1) is 0 Å². The second-order valence-electron chi connectivity index (χ2n) is 6.85. The van der Waals surface area contributed by atoms with Gasteiger partial charge in [0, 0.05) is 16.7 Å². The highest BCUT2D eigenvalue weighted by Gasteiger charge is 2.00. The van der Waals surface area contributed by atoms with E-state index in [9.17, 15) is 0 Å². The van der Waals surface area contributed by atoms with E-state index in [1.165, 1.54) is 5.56 Å². The molecule has 3 nitrogen and oxygen atoms in total. The summed E-state index contributed by atoms with van der Waals surface area (Å²) < 4.78 is 12.8. The van der Waals surface area contributed by atoms with E-state index in [1.54, 1.807) is 0 Å². The molecule has 4 heteroatoms. The van der Waals surface area contributed by atoms with Gasteiger partial charge in [0.15, 0.2) is 0 Å². The molecule has 4 aromatic carbocycles. The number of halogens is 1. The van der Waals surface area contributed by atoms with Gasteiger partial charge in [-0.05, 0) is 71.8 Å². The molecule has 0 amide bonds. The van der Waals surface area contributed by atoms with Crippen LogP contribution in [0.4, 0.5) is 5.69 Å². The van der Waals surface area contributed by atoms with Crippen LogP contribution in [0.15, 0.2) is 108 Å². The molecule has 0 aliphatic heterocycles. The fourth-order valence-electron chi connectivity index (χ4n) is 2.92. The van der Waals surface area contributed by atoms with E-state index in [0.717, 1.165) is 39.5 Å². The molecule has 4 aromatic rings. The number of benzene rings is 4. The maximum Gasteiger partial charge on any atom is 0.127 e. The summed E-state index contributed by atoms with van der Waals surface area (Å²) in [6, 6.07) is 34.1. The molecule has 0 atom stereocenters. The number of nitrogens with one attached hydrogen (secondary N) is 1. The van der Waals surface area contributed by atoms with Gasteiger partial charge >= 0.3 is 0 Å². The average Bonchev–Trinajstić information content (AvgIpc) is 2.80. The molecule has 30 heavy (non-hydrogen) atoms. The fourth-order valence-corrected chi connectivity index (χ4v) is 3.18. The van der Waals surface area contributed by atoms with Gasteiger partial charge in [0.05, 0.1) is 0 Å². The second-order valence-corrected chi connectivity index (χ2v) is 7.77. The van der Waals surface area contributed by atoms with Crippen molar-refractivity contribution >= 4 is 21.6 Å². The van der Waals surface area contributed by atoms with Crippen molar-refractivity contribution in [3.05, 3.63) is 119 Å². The van der Waals surface area contributed by atoms with Crippen molar-refractivity contribution in [3.8, 4) is 17.2 Å². The Balaban J connectivity index is 1.26. The predicted octanol–water partition coefficient (Wildman–Crippen LogP) is 7.43. The fraction of sp³-hybridized carbons (Fsp3) is 0.0769. The quantitative estimate of drug-likeness (QED) is 0.297. The lowest BCUT2D eigenvalue weighted by atomic mass is 10.2. The van der Waals surface area contributed by atoms with E-state index in [1.807, 2.05) is 78.9 Å². The van der Waals surface area contributed by atoms with Crippen molar-refractivity contribution in [2.75, 3.05) is 5.32 Å². The van der Waals surface area contributed by atoms with E-state index in [0.29, 0.717) is 6.61 Å². The lowest BCUT2D eigenvalue weighted by Gasteiger charge is -2.10. The molecule has 0 saturated carbocycles. The van der Waals surface area contributed by atoms with Crippen LogP contribution in [-0.4, -0.2) is 0 Å². The summed E-state index contributed by atoms with van der Waals surface area (Å²) in [7, 11) is 0. The SMILES string of the molecule is Brc1ccc(COc2ccc(CNc3ccc(Oc4ccccc4)cc3)cc2)cc1. The number of para-hydroxylation sites is 1. The molecule has 0 bridgehead atoms. The molecule has 0 unspecified atom stereocenters. The Morgan fingerprint density at radius 2 is 1.20 bits per heavy atom. The van der Waals surface area contributed by atoms with Gasteiger partial charge in [-0.1, -0.05) is 58.4 Å². The van der Waals surface area contributed by atoms with Gasteiger partial charge in [0.1, 0.15) is 23.9 Å². The highest BCUT2D eigenvalue weighted by molar-refractivity contribution is 9.10. The third kappa shape index (κ3) is 5.88. The van der Waals surface area contributed by atoms with Gasteiger partial charge in [0.25, 0.3) is 0 Å². The highest BCUT2D eigenvalue weighted by atomic mass is 79.9. The number of hydrogen-bond acceptors (Lipinski definition) is 3. The molecule has 0 aromatic heterocycles. The number of anilines is 1. The van der Waals surface area contributed by atoms with Crippen LogP contribution in [0.3, 0.4) is 0 Å². The molecule has 0 heterocycles. The van der Waals surface area contributed by atoms with E-state index in [4.69, 9.17) is 9.47 Å².